The fourth-order valence-electron chi connectivity index (χ4n) is 3.31. The van der Waals surface area contributed by atoms with Crippen molar-refractivity contribution in [2.24, 2.45) is 0 Å². The molecule has 0 spiro atoms. The van der Waals surface area contributed by atoms with E-state index in [-0.39, 0.29) is 5.91 Å². The first-order chi connectivity index (χ1) is 13.6. The number of methoxy groups -OCH3 is 1. The maximum Gasteiger partial charge on any atom is 0.227 e. The van der Waals surface area contributed by atoms with E-state index in [0.717, 1.165) is 22.6 Å². The molecule has 1 aromatic carbocycles. The number of aromatic nitrogens is 3. The Morgan fingerprint density at radius 1 is 1.25 bits per heavy atom. The lowest BCUT2D eigenvalue weighted by Crippen LogP contribution is -2.35. The molecule has 1 aliphatic rings. The summed E-state index contributed by atoms with van der Waals surface area (Å²) < 4.78 is 16.0. The first kappa shape index (κ1) is 18.4. The molecule has 0 N–H and O–H groups in total. The Morgan fingerprint density at radius 2 is 2.11 bits per heavy atom. The molecule has 0 saturated carbocycles. The van der Waals surface area contributed by atoms with Gasteiger partial charge in [0.05, 0.1) is 6.54 Å². The van der Waals surface area contributed by atoms with Gasteiger partial charge in [-0.05, 0) is 12.5 Å². The van der Waals surface area contributed by atoms with Gasteiger partial charge in [0.1, 0.15) is 18.1 Å². The second-order valence-corrected chi connectivity index (χ2v) is 6.80. The Balaban J connectivity index is 1.35. The molecular weight excluding hydrogens is 360 g/mol. The number of carbonyl (C=O) groups excluding carboxylic acids is 1. The number of hydrogen-bond donors (Lipinski definition) is 0. The number of fused-ring (bicyclic) bond motifs is 1. The van der Waals surface area contributed by atoms with Crippen molar-refractivity contribution in [3.05, 3.63) is 53.1 Å². The summed E-state index contributed by atoms with van der Waals surface area (Å²) in [7, 11) is 1.60. The van der Waals surface area contributed by atoms with E-state index < -0.39 is 0 Å². The summed E-state index contributed by atoms with van der Waals surface area (Å²) in [4.78, 5) is 23.2. The summed E-state index contributed by atoms with van der Waals surface area (Å²) in [6.07, 6.45) is 1.39. The largest absolute Gasteiger partial charge is 0.443 e. The van der Waals surface area contributed by atoms with Crippen molar-refractivity contribution in [2.45, 2.75) is 39.3 Å². The SMILES string of the molecule is COCc1nc2c(o1)CCN(C(=O)CCc1nc(-c3ccccc3C)no1)C2. The number of nitrogens with zero attached hydrogens (tertiary/aromatic N) is 4. The van der Waals surface area contributed by atoms with Crippen LogP contribution in [0.4, 0.5) is 0 Å². The molecule has 1 aliphatic heterocycles. The number of rotatable bonds is 6. The van der Waals surface area contributed by atoms with Gasteiger partial charge in [-0.1, -0.05) is 29.4 Å². The van der Waals surface area contributed by atoms with Gasteiger partial charge in [0.25, 0.3) is 0 Å². The third kappa shape index (κ3) is 3.82. The molecule has 8 nitrogen and oxygen atoms in total. The normalized spacial score (nSPS) is 13.6. The van der Waals surface area contributed by atoms with Crippen LogP contribution in [0.1, 0.15) is 35.2 Å². The van der Waals surface area contributed by atoms with Crippen LogP contribution in [0.15, 0.2) is 33.2 Å². The molecule has 0 aliphatic carbocycles. The predicted molar refractivity (Wildman–Crippen MR) is 99.1 cm³/mol. The van der Waals surface area contributed by atoms with Gasteiger partial charge in [0.15, 0.2) is 0 Å². The molecular formula is C20H22N4O4. The Hall–Kier alpha value is -3.00. The molecule has 0 unspecified atom stereocenters. The first-order valence-corrected chi connectivity index (χ1v) is 9.27. The third-order valence-electron chi connectivity index (χ3n) is 4.80. The van der Waals surface area contributed by atoms with E-state index in [9.17, 15) is 4.79 Å². The Morgan fingerprint density at radius 3 is 2.93 bits per heavy atom. The molecule has 0 saturated heterocycles. The van der Waals surface area contributed by atoms with Crippen molar-refractivity contribution in [3.63, 3.8) is 0 Å². The van der Waals surface area contributed by atoms with Crippen molar-refractivity contribution in [1.29, 1.82) is 0 Å². The van der Waals surface area contributed by atoms with Crippen LogP contribution in [0, 0.1) is 6.92 Å². The van der Waals surface area contributed by atoms with Crippen LogP contribution in [-0.2, 0) is 35.5 Å². The average molecular weight is 382 g/mol. The molecule has 2 aromatic heterocycles. The number of carbonyl (C=O) groups is 1. The molecule has 0 fully saturated rings. The summed E-state index contributed by atoms with van der Waals surface area (Å²) in [5, 5.41) is 4.04. The summed E-state index contributed by atoms with van der Waals surface area (Å²) in [6, 6.07) is 7.86. The Kier molecular flexibility index (Phi) is 5.21. The van der Waals surface area contributed by atoms with Gasteiger partial charge >= 0.3 is 0 Å². The van der Waals surface area contributed by atoms with Crippen LogP contribution in [0.5, 0.6) is 0 Å². The second kappa shape index (κ2) is 7.93. The lowest BCUT2D eigenvalue weighted by atomic mass is 10.1. The highest BCUT2D eigenvalue weighted by Crippen LogP contribution is 2.22. The van der Waals surface area contributed by atoms with Crippen molar-refractivity contribution < 1.29 is 18.5 Å². The highest BCUT2D eigenvalue weighted by atomic mass is 16.5. The van der Waals surface area contributed by atoms with Crippen molar-refractivity contribution in [3.8, 4) is 11.4 Å². The quantitative estimate of drug-likeness (QED) is 0.647. The first-order valence-electron chi connectivity index (χ1n) is 9.27. The maximum absolute atomic E-state index is 12.6. The number of hydrogen-bond acceptors (Lipinski definition) is 7. The van der Waals surface area contributed by atoms with Gasteiger partial charge in [0, 0.05) is 38.5 Å². The summed E-state index contributed by atoms with van der Waals surface area (Å²) in [5.74, 6) is 2.45. The van der Waals surface area contributed by atoms with Crippen LogP contribution in [0.3, 0.4) is 0 Å². The fraction of sp³-hybridized carbons (Fsp3) is 0.400. The molecule has 28 heavy (non-hydrogen) atoms. The molecule has 4 rings (SSSR count). The van der Waals surface area contributed by atoms with Crippen LogP contribution in [-0.4, -0.2) is 39.6 Å². The summed E-state index contributed by atoms with van der Waals surface area (Å²) in [6.45, 7) is 3.41. The number of ether oxygens (including phenoxy) is 1. The number of oxazole rings is 1. The van der Waals surface area contributed by atoms with Crippen molar-refractivity contribution in [2.75, 3.05) is 13.7 Å². The van der Waals surface area contributed by atoms with E-state index in [1.165, 1.54) is 0 Å². The van der Waals surface area contributed by atoms with Crippen LogP contribution in [0.25, 0.3) is 11.4 Å². The van der Waals surface area contributed by atoms with E-state index in [4.69, 9.17) is 13.7 Å². The van der Waals surface area contributed by atoms with Gasteiger partial charge < -0.3 is 18.6 Å². The standard InChI is InChI=1S/C20H22N4O4/c1-13-5-3-4-6-14(13)20-22-17(28-23-20)7-8-19(25)24-10-9-16-15(11-24)21-18(27-16)12-26-2/h3-6H,7-12H2,1-2H3. The molecule has 0 radical (unpaired) electrons. The number of aryl methyl sites for hydroxylation is 2. The average Bonchev–Trinajstić information content (AvgIpc) is 3.32. The Bertz CT molecular complexity index is 978. The van der Waals surface area contributed by atoms with Crippen LogP contribution >= 0.6 is 0 Å². The monoisotopic (exact) mass is 382 g/mol. The fourth-order valence-corrected chi connectivity index (χ4v) is 3.31. The molecule has 1 amide bonds. The van der Waals surface area contributed by atoms with Gasteiger partial charge in [0.2, 0.25) is 23.5 Å². The van der Waals surface area contributed by atoms with Crippen molar-refractivity contribution in [1.82, 2.24) is 20.0 Å². The molecule has 8 heteroatoms. The minimum Gasteiger partial charge on any atom is -0.443 e. The van der Waals surface area contributed by atoms with E-state index in [2.05, 4.69) is 15.1 Å². The maximum atomic E-state index is 12.6. The van der Waals surface area contributed by atoms with Gasteiger partial charge in [-0.3, -0.25) is 4.79 Å². The topological polar surface area (TPSA) is 94.5 Å². The smallest absolute Gasteiger partial charge is 0.227 e. The van der Waals surface area contributed by atoms with Crippen LogP contribution in [0.2, 0.25) is 0 Å². The highest BCUT2D eigenvalue weighted by molar-refractivity contribution is 5.76. The van der Waals surface area contributed by atoms with E-state index in [1.54, 1.807) is 12.0 Å². The molecule has 3 aromatic rings. The molecule has 0 atom stereocenters. The van der Waals surface area contributed by atoms with E-state index in [1.807, 2.05) is 31.2 Å². The number of benzene rings is 1. The van der Waals surface area contributed by atoms with Crippen LogP contribution < -0.4 is 0 Å². The second-order valence-electron chi connectivity index (χ2n) is 6.80. The third-order valence-corrected chi connectivity index (χ3v) is 4.80. The lowest BCUT2D eigenvalue weighted by Gasteiger charge is -2.25. The minimum absolute atomic E-state index is 0.0394. The summed E-state index contributed by atoms with van der Waals surface area (Å²) in [5.41, 5.74) is 2.83. The zero-order valence-corrected chi connectivity index (χ0v) is 16.0. The molecule has 3 heterocycles. The molecule has 146 valence electrons. The van der Waals surface area contributed by atoms with Gasteiger partial charge in [-0.15, -0.1) is 0 Å². The van der Waals surface area contributed by atoms with Gasteiger partial charge in [-0.25, -0.2) is 4.98 Å². The number of amides is 1. The van der Waals surface area contributed by atoms with Crippen molar-refractivity contribution >= 4 is 5.91 Å². The van der Waals surface area contributed by atoms with E-state index in [0.29, 0.717) is 56.6 Å². The van der Waals surface area contributed by atoms with E-state index >= 15 is 0 Å². The zero-order valence-electron chi connectivity index (χ0n) is 16.0. The minimum atomic E-state index is 0.0394. The Labute approximate surface area is 162 Å². The predicted octanol–water partition coefficient (Wildman–Crippen LogP) is 2.70. The summed E-state index contributed by atoms with van der Waals surface area (Å²) >= 11 is 0. The zero-order chi connectivity index (χ0) is 19.5. The molecule has 0 bridgehead atoms. The lowest BCUT2D eigenvalue weighted by molar-refractivity contribution is -0.132. The highest BCUT2D eigenvalue weighted by Gasteiger charge is 2.25. The van der Waals surface area contributed by atoms with Gasteiger partial charge in [-0.2, -0.15) is 4.98 Å².